The minimum atomic E-state index is 0.134. The first-order valence-electron chi connectivity index (χ1n) is 6.05. The Kier molecular flexibility index (Phi) is 3.39. The molecule has 0 aliphatic carbocycles. The number of likely N-dealkylation sites (N-methyl/N-ethyl adjacent to an activating group) is 1. The molecule has 2 rings (SSSR count). The molecule has 0 saturated carbocycles. The molecular formula is C14H19NO. The molecule has 1 heterocycles. The molecule has 16 heavy (non-hydrogen) atoms. The van der Waals surface area contributed by atoms with Gasteiger partial charge in [-0.25, -0.2) is 0 Å². The van der Waals surface area contributed by atoms with Gasteiger partial charge < -0.3 is 0 Å². The predicted octanol–water partition coefficient (Wildman–Crippen LogP) is 2.80. The number of carbonyl (C=O) groups excluding carboxylic acids is 1. The molecule has 0 radical (unpaired) electrons. The van der Waals surface area contributed by atoms with E-state index in [0.29, 0.717) is 11.8 Å². The lowest BCUT2D eigenvalue weighted by atomic mass is 10.0. The number of likely N-dealkylation sites (tertiary alicyclic amines) is 1. The number of hydrogen-bond donors (Lipinski definition) is 0. The standard InChI is InChI=1S/C14H19NO/c1-3-15-13(11(2)16)9-10-14(15)12-7-5-4-6-8-12/h4-8,13-14H,3,9-10H2,1-2H3. The Hall–Kier alpha value is -1.15. The maximum absolute atomic E-state index is 11.6. The lowest BCUT2D eigenvalue weighted by molar-refractivity contribution is -0.121. The lowest BCUT2D eigenvalue weighted by Crippen LogP contribution is -2.36. The zero-order valence-corrected chi connectivity index (χ0v) is 10.0. The van der Waals surface area contributed by atoms with Crippen molar-refractivity contribution in [1.82, 2.24) is 4.90 Å². The summed E-state index contributed by atoms with van der Waals surface area (Å²) in [6.07, 6.45) is 2.10. The van der Waals surface area contributed by atoms with Crippen LogP contribution in [0.25, 0.3) is 0 Å². The van der Waals surface area contributed by atoms with E-state index in [1.54, 1.807) is 6.92 Å². The van der Waals surface area contributed by atoms with Crippen LogP contribution in [0.2, 0.25) is 0 Å². The fourth-order valence-corrected chi connectivity index (χ4v) is 2.78. The maximum Gasteiger partial charge on any atom is 0.146 e. The molecule has 1 aliphatic heterocycles. The second-order valence-electron chi connectivity index (χ2n) is 4.46. The van der Waals surface area contributed by atoms with E-state index in [4.69, 9.17) is 0 Å². The summed E-state index contributed by atoms with van der Waals surface area (Å²) < 4.78 is 0. The first-order chi connectivity index (χ1) is 7.74. The van der Waals surface area contributed by atoms with Crippen molar-refractivity contribution in [1.29, 1.82) is 0 Å². The predicted molar refractivity (Wildman–Crippen MR) is 65.3 cm³/mol. The summed E-state index contributed by atoms with van der Waals surface area (Å²) in [5.41, 5.74) is 1.34. The summed E-state index contributed by atoms with van der Waals surface area (Å²) in [5.74, 6) is 0.306. The van der Waals surface area contributed by atoms with Crippen molar-refractivity contribution in [2.75, 3.05) is 6.54 Å². The third-order valence-corrected chi connectivity index (χ3v) is 3.53. The normalized spacial score (nSPS) is 25.9. The molecule has 1 saturated heterocycles. The third-order valence-electron chi connectivity index (χ3n) is 3.53. The quantitative estimate of drug-likeness (QED) is 0.776. The van der Waals surface area contributed by atoms with Gasteiger partial charge in [-0.1, -0.05) is 37.3 Å². The highest BCUT2D eigenvalue weighted by molar-refractivity contribution is 5.81. The van der Waals surface area contributed by atoms with Gasteiger partial charge in [0.15, 0.2) is 0 Å². The largest absolute Gasteiger partial charge is 0.298 e. The van der Waals surface area contributed by atoms with E-state index < -0.39 is 0 Å². The van der Waals surface area contributed by atoms with Crippen molar-refractivity contribution in [3.05, 3.63) is 35.9 Å². The van der Waals surface area contributed by atoms with Gasteiger partial charge >= 0.3 is 0 Å². The number of hydrogen-bond acceptors (Lipinski definition) is 2. The van der Waals surface area contributed by atoms with E-state index in [9.17, 15) is 4.79 Å². The van der Waals surface area contributed by atoms with E-state index in [1.807, 2.05) is 6.07 Å². The molecule has 86 valence electrons. The van der Waals surface area contributed by atoms with E-state index in [1.165, 1.54) is 5.56 Å². The van der Waals surface area contributed by atoms with Crippen LogP contribution in [-0.4, -0.2) is 23.3 Å². The zero-order chi connectivity index (χ0) is 11.5. The Labute approximate surface area is 97.3 Å². The smallest absolute Gasteiger partial charge is 0.146 e. The third kappa shape index (κ3) is 2.03. The molecule has 1 aliphatic rings. The summed E-state index contributed by atoms with van der Waals surface area (Å²) in [7, 11) is 0. The van der Waals surface area contributed by atoms with Crippen LogP contribution < -0.4 is 0 Å². The van der Waals surface area contributed by atoms with Crippen molar-refractivity contribution in [3.8, 4) is 0 Å². The molecular weight excluding hydrogens is 198 g/mol. The van der Waals surface area contributed by atoms with Crippen molar-refractivity contribution in [2.45, 2.75) is 38.8 Å². The van der Waals surface area contributed by atoms with Gasteiger partial charge in [0, 0.05) is 6.04 Å². The summed E-state index contributed by atoms with van der Waals surface area (Å²) in [6, 6.07) is 11.1. The molecule has 2 nitrogen and oxygen atoms in total. The monoisotopic (exact) mass is 217 g/mol. The van der Waals surface area contributed by atoms with Gasteiger partial charge in [0.2, 0.25) is 0 Å². The minimum absolute atomic E-state index is 0.134. The fraction of sp³-hybridized carbons (Fsp3) is 0.500. The molecule has 1 aromatic carbocycles. The highest BCUT2D eigenvalue weighted by atomic mass is 16.1. The van der Waals surface area contributed by atoms with E-state index in [2.05, 4.69) is 36.1 Å². The molecule has 0 amide bonds. The molecule has 2 heteroatoms. The average molecular weight is 217 g/mol. The van der Waals surface area contributed by atoms with Crippen LogP contribution in [0.1, 0.15) is 38.3 Å². The summed E-state index contributed by atoms with van der Waals surface area (Å²) >= 11 is 0. The van der Waals surface area contributed by atoms with Crippen LogP contribution >= 0.6 is 0 Å². The van der Waals surface area contributed by atoms with Crippen molar-refractivity contribution < 1.29 is 4.79 Å². The van der Waals surface area contributed by atoms with Crippen LogP contribution in [0, 0.1) is 0 Å². The first kappa shape index (κ1) is 11.3. The van der Waals surface area contributed by atoms with Crippen LogP contribution in [0.15, 0.2) is 30.3 Å². The van der Waals surface area contributed by atoms with Crippen molar-refractivity contribution in [2.24, 2.45) is 0 Å². The SMILES string of the molecule is CCN1C(C(C)=O)CCC1c1ccccc1. The van der Waals surface area contributed by atoms with Gasteiger partial charge in [-0.2, -0.15) is 0 Å². The summed E-state index contributed by atoms with van der Waals surface area (Å²) in [4.78, 5) is 13.9. The molecule has 2 unspecified atom stereocenters. The van der Waals surface area contributed by atoms with Crippen LogP contribution in [0.3, 0.4) is 0 Å². The van der Waals surface area contributed by atoms with E-state index in [0.717, 1.165) is 19.4 Å². The molecule has 0 aromatic heterocycles. The van der Waals surface area contributed by atoms with Gasteiger partial charge in [-0.15, -0.1) is 0 Å². The zero-order valence-electron chi connectivity index (χ0n) is 10.0. The van der Waals surface area contributed by atoms with Gasteiger partial charge in [0.25, 0.3) is 0 Å². The molecule has 0 spiro atoms. The van der Waals surface area contributed by atoms with Gasteiger partial charge in [-0.05, 0) is 31.9 Å². The highest BCUT2D eigenvalue weighted by Gasteiger charge is 2.35. The lowest BCUT2D eigenvalue weighted by Gasteiger charge is -2.27. The summed E-state index contributed by atoms with van der Waals surface area (Å²) in [5, 5.41) is 0. The number of carbonyl (C=O) groups is 1. The van der Waals surface area contributed by atoms with Gasteiger partial charge in [0.1, 0.15) is 5.78 Å². The fourth-order valence-electron chi connectivity index (χ4n) is 2.78. The topological polar surface area (TPSA) is 20.3 Å². The van der Waals surface area contributed by atoms with Crippen LogP contribution in [0.5, 0.6) is 0 Å². The Morgan fingerprint density at radius 3 is 2.56 bits per heavy atom. The molecule has 0 N–H and O–H groups in total. The second kappa shape index (κ2) is 4.79. The number of nitrogens with zero attached hydrogens (tertiary/aromatic N) is 1. The summed E-state index contributed by atoms with van der Waals surface area (Å²) in [6.45, 7) is 4.79. The molecule has 0 bridgehead atoms. The number of ketones is 1. The molecule has 2 atom stereocenters. The van der Waals surface area contributed by atoms with Gasteiger partial charge in [0.05, 0.1) is 6.04 Å². The molecule has 1 aromatic rings. The first-order valence-corrected chi connectivity index (χ1v) is 6.05. The second-order valence-corrected chi connectivity index (χ2v) is 4.46. The number of rotatable bonds is 3. The average Bonchev–Trinajstić information content (AvgIpc) is 2.73. The Morgan fingerprint density at radius 2 is 2.00 bits per heavy atom. The Morgan fingerprint density at radius 1 is 1.31 bits per heavy atom. The van der Waals surface area contributed by atoms with Gasteiger partial charge in [-0.3, -0.25) is 9.69 Å². The maximum atomic E-state index is 11.6. The van der Waals surface area contributed by atoms with E-state index >= 15 is 0 Å². The van der Waals surface area contributed by atoms with E-state index in [-0.39, 0.29) is 6.04 Å². The molecule has 1 fully saturated rings. The Balaban J connectivity index is 2.21. The highest BCUT2D eigenvalue weighted by Crippen LogP contribution is 2.35. The Bertz CT molecular complexity index is 360. The van der Waals surface area contributed by atoms with Crippen LogP contribution in [0.4, 0.5) is 0 Å². The van der Waals surface area contributed by atoms with Crippen molar-refractivity contribution in [3.63, 3.8) is 0 Å². The minimum Gasteiger partial charge on any atom is -0.298 e. The van der Waals surface area contributed by atoms with Crippen LogP contribution in [-0.2, 0) is 4.79 Å². The number of benzene rings is 1. The van der Waals surface area contributed by atoms with Crippen molar-refractivity contribution >= 4 is 5.78 Å². The number of Topliss-reactive ketones (excluding diaryl/α,β-unsaturated/α-hetero) is 1.